The third-order valence-electron chi connectivity index (χ3n) is 2.90. The topological polar surface area (TPSA) is 40.5 Å². The van der Waals surface area contributed by atoms with E-state index in [1.54, 1.807) is 30.0 Å². The number of aliphatic hydroxyl groups is 1. The molecule has 1 unspecified atom stereocenters. The van der Waals surface area contributed by atoms with Crippen LogP contribution in [-0.2, 0) is 0 Å². The molecule has 92 valence electrons. The highest BCUT2D eigenvalue weighted by molar-refractivity contribution is 6.36. The van der Waals surface area contributed by atoms with Crippen LogP contribution >= 0.6 is 23.2 Å². The molecule has 1 fully saturated rings. The first-order chi connectivity index (χ1) is 7.89. The second-order valence-electron chi connectivity index (χ2n) is 4.60. The Hall–Kier alpha value is -0.770. The van der Waals surface area contributed by atoms with Gasteiger partial charge < -0.3 is 10.0 Å². The summed E-state index contributed by atoms with van der Waals surface area (Å²) in [6.45, 7) is 2.61. The maximum atomic E-state index is 12.2. The molecule has 1 aliphatic rings. The second kappa shape index (κ2) is 4.48. The Balaban J connectivity index is 2.21. The Morgan fingerprint density at radius 1 is 1.47 bits per heavy atom. The van der Waals surface area contributed by atoms with Crippen LogP contribution in [-0.4, -0.2) is 34.6 Å². The first-order valence-electron chi connectivity index (χ1n) is 5.36. The molecule has 0 bridgehead atoms. The summed E-state index contributed by atoms with van der Waals surface area (Å²) in [5.41, 5.74) is -0.372. The molecule has 0 aromatic heterocycles. The molecule has 0 spiro atoms. The van der Waals surface area contributed by atoms with Gasteiger partial charge in [-0.15, -0.1) is 0 Å². The van der Waals surface area contributed by atoms with Gasteiger partial charge in [-0.05, 0) is 31.5 Å². The van der Waals surface area contributed by atoms with Crippen LogP contribution < -0.4 is 0 Å². The van der Waals surface area contributed by atoms with Crippen molar-refractivity contribution in [1.82, 2.24) is 4.90 Å². The number of likely N-dealkylation sites (tertiary alicyclic amines) is 1. The zero-order valence-electron chi connectivity index (χ0n) is 9.41. The van der Waals surface area contributed by atoms with Crippen molar-refractivity contribution in [2.75, 3.05) is 13.1 Å². The fourth-order valence-corrected chi connectivity index (χ4v) is 2.44. The fraction of sp³-hybridized carbons (Fsp3) is 0.417. The summed E-state index contributed by atoms with van der Waals surface area (Å²) in [7, 11) is 0. The van der Waals surface area contributed by atoms with Gasteiger partial charge in [0.25, 0.3) is 5.91 Å². The minimum absolute atomic E-state index is 0.163. The molecule has 1 aromatic rings. The van der Waals surface area contributed by atoms with E-state index in [-0.39, 0.29) is 5.91 Å². The van der Waals surface area contributed by atoms with Crippen LogP contribution in [0, 0.1) is 0 Å². The average molecular weight is 274 g/mol. The first kappa shape index (κ1) is 12.7. The van der Waals surface area contributed by atoms with Gasteiger partial charge in [0.1, 0.15) is 0 Å². The minimum atomic E-state index is -0.797. The van der Waals surface area contributed by atoms with Crippen LogP contribution in [0.25, 0.3) is 0 Å². The number of hydrogen-bond acceptors (Lipinski definition) is 2. The van der Waals surface area contributed by atoms with Gasteiger partial charge in [-0.25, -0.2) is 0 Å². The molecule has 1 heterocycles. The molecule has 2 rings (SSSR count). The minimum Gasteiger partial charge on any atom is -0.388 e. The number of β-amino-alcohol motifs (C(OH)–C–C–N with tert-alkyl or cyclic N) is 1. The Kier molecular flexibility index (Phi) is 3.34. The monoisotopic (exact) mass is 273 g/mol. The Morgan fingerprint density at radius 2 is 2.18 bits per heavy atom. The van der Waals surface area contributed by atoms with Gasteiger partial charge in [0, 0.05) is 18.1 Å². The molecular formula is C12H13Cl2NO2. The van der Waals surface area contributed by atoms with Gasteiger partial charge in [-0.3, -0.25) is 4.79 Å². The lowest BCUT2D eigenvalue weighted by atomic mass is 10.1. The number of amides is 1. The summed E-state index contributed by atoms with van der Waals surface area (Å²) in [5.74, 6) is -0.163. The summed E-state index contributed by atoms with van der Waals surface area (Å²) in [4.78, 5) is 13.8. The van der Waals surface area contributed by atoms with E-state index < -0.39 is 5.60 Å². The molecule has 17 heavy (non-hydrogen) atoms. The molecule has 1 amide bonds. The van der Waals surface area contributed by atoms with Crippen LogP contribution in [0.3, 0.4) is 0 Å². The van der Waals surface area contributed by atoms with Gasteiger partial charge in [0.15, 0.2) is 0 Å². The molecule has 1 N–H and O–H groups in total. The van der Waals surface area contributed by atoms with E-state index >= 15 is 0 Å². The zero-order chi connectivity index (χ0) is 12.6. The van der Waals surface area contributed by atoms with Crippen LogP contribution in [0.4, 0.5) is 0 Å². The van der Waals surface area contributed by atoms with Crippen molar-refractivity contribution in [3.8, 4) is 0 Å². The normalized spacial score (nSPS) is 24.1. The number of nitrogens with zero attached hydrogens (tertiary/aromatic N) is 1. The van der Waals surface area contributed by atoms with Crippen molar-refractivity contribution in [2.45, 2.75) is 18.9 Å². The smallest absolute Gasteiger partial charge is 0.255 e. The highest BCUT2D eigenvalue weighted by Gasteiger charge is 2.34. The highest BCUT2D eigenvalue weighted by atomic mass is 35.5. The van der Waals surface area contributed by atoms with E-state index in [0.29, 0.717) is 35.1 Å². The largest absolute Gasteiger partial charge is 0.388 e. The maximum Gasteiger partial charge on any atom is 0.255 e. The van der Waals surface area contributed by atoms with Gasteiger partial charge in [0.2, 0.25) is 0 Å². The standard InChI is InChI=1S/C12H13Cl2NO2/c1-12(17)4-5-15(7-12)11(16)9-3-2-8(13)6-10(9)14/h2-3,6,17H,4-5,7H2,1H3. The summed E-state index contributed by atoms with van der Waals surface area (Å²) in [6, 6.07) is 4.79. The molecule has 1 saturated heterocycles. The summed E-state index contributed by atoms with van der Waals surface area (Å²) in [5, 5.41) is 10.7. The molecule has 1 atom stereocenters. The van der Waals surface area contributed by atoms with Crippen molar-refractivity contribution in [2.24, 2.45) is 0 Å². The summed E-state index contributed by atoms with van der Waals surface area (Å²) < 4.78 is 0. The zero-order valence-corrected chi connectivity index (χ0v) is 10.9. The lowest BCUT2D eigenvalue weighted by Gasteiger charge is -2.19. The van der Waals surface area contributed by atoms with Crippen molar-refractivity contribution < 1.29 is 9.90 Å². The Bertz CT molecular complexity index is 460. The van der Waals surface area contributed by atoms with E-state index in [4.69, 9.17) is 23.2 Å². The number of rotatable bonds is 1. The van der Waals surface area contributed by atoms with E-state index in [9.17, 15) is 9.90 Å². The summed E-state index contributed by atoms with van der Waals surface area (Å²) >= 11 is 11.8. The number of benzene rings is 1. The molecular weight excluding hydrogens is 261 g/mol. The third-order valence-corrected chi connectivity index (χ3v) is 3.45. The molecule has 5 heteroatoms. The third kappa shape index (κ3) is 2.73. The predicted molar refractivity (Wildman–Crippen MR) is 67.6 cm³/mol. The fourth-order valence-electron chi connectivity index (χ4n) is 1.95. The molecule has 1 aromatic carbocycles. The summed E-state index contributed by atoms with van der Waals surface area (Å²) in [6.07, 6.45) is 0.587. The molecule has 3 nitrogen and oxygen atoms in total. The molecule has 1 aliphatic heterocycles. The molecule has 0 aliphatic carbocycles. The van der Waals surface area contributed by atoms with Crippen molar-refractivity contribution in [1.29, 1.82) is 0 Å². The van der Waals surface area contributed by atoms with Gasteiger partial charge >= 0.3 is 0 Å². The number of halogens is 2. The van der Waals surface area contributed by atoms with Crippen LogP contribution in [0.15, 0.2) is 18.2 Å². The number of hydrogen-bond donors (Lipinski definition) is 1. The Labute approximate surface area is 110 Å². The number of carbonyl (C=O) groups excluding carboxylic acids is 1. The van der Waals surface area contributed by atoms with Crippen LogP contribution in [0.1, 0.15) is 23.7 Å². The van der Waals surface area contributed by atoms with Crippen molar-refractivity contribution in [3.05, 3.63) is 33.8 Å². The number of carbonyl (C=O) groups is 1. The SMILES string of the molecule is CC1(O)CCN(C(=O)c2ccc(Cl)cc2Cl)C1. The van der Waals surface area contributed by atoms with E-state index in [0.717, 1.165) is 0 Å². The van der Waals surface area contributed by atoms with E-state index in [1.807, 2.05) is 0 Å². The lowest BCUT2D eigenvalue weighted by molar-refractivity contribution is 0.0572. The Morgan fingerprint density at radius 3 is 2.71 bits per heavy atom. The maximum absolute atomic E-state index is 12.2. The van der Waals surface area contributed by atoms with Crippen LogP contribution in [0.5, 0.6) is 0 Å². The highest BCUT2D eigenvalue weighted by Crippen LogP contribution is 2.26. The van der Waals surface area contributed by atoms with Crippen LogP contribution in [0.2, 0.25) is 10.0 Å². The lowest BCUT2D eigenvalue weighted by Crippen LogP contribution is -2.34. The average Bonchev–Trinajstić information content (AvgIpc) is 2.58. The second-order valence-corrected chi connectivity index (χ2v) is 5.44. The predicted octanol–water partition coefficient (Wildman–Crippen LogP) is 2.59. The molecule has 0 saturated carbocycles. The molecule has 0 radical (unpaired) electrons. The van der Waals surface area contributed by atoms with Crippen molar-refractivity contribution >= 4 is 29.1 Å². The quantitative estimate of drug-likeness (QED) is 0.855. The van der Waals surface area contributed by atoms with Gasteiger partial charge in [-0.1, -0.05) is 23.2 Å². The van der Waals surface area contributed by atoms with Crippen molar-refractivity contribution in [3.63, 3.8) is 0 Å². The van der Waals surface area contributed by atoms with E-state index in [1.165, 1.54) is 0 Å². The van der Waals surface area contributed by atoms with E-state index in [2.05, 4.69) is 0 Å². The van der Waals surface area contributed by atoms with Gasteiger partial charge in [-0.2, -0.15) is 0 Å². The van der Waals surface area contributed by atoms with Gasteiger partial charge in [0.05, 0.1) is 16.2 Å². The first-order valence-corrected chi connectivity index (χ1v) is 6.11.